The predicted octanol–water partition coefficient (Wildman–Crippen LogP) is 8.31. The molecule has 5 aromatic rings. The number of nitrogens with one attached hydrogen (secondary N) is 1. The lowest BCUT2D eigenvalue weighted by molar-refractivity contribution is 1.36. The Kier molecular flexibility index (Phi) is 5.27. The topological polar surface area (TPSA) is 28.1 Å². The monoisotopic (exact) mass is 450 g/mol. The fourth-order valence-electron chi connectivity index (χ4n) is 4.71. The molecule has 0 saturated carbocycles. The van der Waals surface area contributed by atoms with Crippen LogP contribution in [-0.4, -0.2) is 10.7 Å². The Bertz CT molecular complexity index is 1570. The molecule has 35 heavy (non-hydrogen) atoms. The number of aliphatic imine (C=N–C) groups is 1. The summed E-state index contributed by atoms with van der Waals surface area (Å²) in [6, 6.07) is 38.5. The first-order chi connectivity index (χ1) is 17.2. The van der Waals surface area contributed by atoms with Gasteiger partial charge in [-0.05, 0) is 43.2 Å². The van der Waals surface area contributed by atoms with Crippen molar-refractivity contribution in [3.63, 3.8) is 0 Å². The van der Waals surface area contributed by atoms with Gasteiger partial charge in [0.1, 0.15) is 0 Å². The van der Waals surface area contributed by atoms with Gasteiger partial charge in [-0.25, -0.2) is 4.99 Å². The number of fused-ring (bicyclic) bond motifs is 1. The van der Waals surface area contributed by atoms with Crippen molar-refractivity contribution in [2.75, 3.05) is 0 Å². The van der Waals surface area contributed by atoms with Gasteiger partial charge in [-0.2, -0.15) is 0 Å². The quantitative estimate of drug-likeness (QED) is 0.285. The zero-order chi connectivity index (χ0) is 23.8. The van der Waals surface area contributed by atoms with Crippen molar-refractivity contribution in [2.45, 2.75) is 13.8 Å². The van der Waals surface area contributed by atoms with Gasteiger partial charge >= 0.3 is 0 Å². The van der Waals surface area contributed by atoms with E-state index >= 15 is 0 Å². The maximum Gasteiger partial charge on any atom is 0.0788 e. The molecule has 4 aromatic carbocycles. The molecule has 1 aromatic heterocycles. The number of hydrogen-bond donors (Lipinski definition) is 1. The summed E-state index contributed by atoms with van der Waals surface area (Å²) in [6.07, 6.45) is 2.20. The van der Waals surface area contributed by atoms with Crippen LogP contribution in [-0.2, 0) is 0 Å². The summed E-state index contributed by atoms with van der Waals surface area (Å²) in [4.78, 5) is 8.85. The minimum absolute atomic E-state index is 0.984. The molecule has 0 radical (unpaired) electrons. The van der Waals surface area contributed by atoms with E-state index < -0.39 is 0 Å². The van der Waals surface area contributed by atoms with Gasteiger partial charge in [0.2, 0.25) is 0 Å². The van der Waals surface area contributed by atoms with Crippen LogP contribution in [0.2, 0.25) is 0 Å². The van der Waals surface area contributed by atoms with Crippen molar-refractivity contribution in [3.8, 4) is 22.4 Å². The highest BCUT2D eigenvalue weighted by Gasteiger charge is 2.22. The molecule has 168 valence electrons. The maximum absolute atomic E-state index is 5.17. The van der Waals surface area contributed by atoms with Crippen LogP contribution in [0.3, 0.4) is 0 Å². The maximum atomic E-state index is 5.17. The van der Waals surface area contributed by atoms with E-state index in [9.17, 15) is 0 Å². The fourth-order valence-corrected chi connectivity index (χ4v) is 4.71. The van der Waals surface area contributed by atoms with E-state index in [1.165, 1.54) is 38.9 Å². The van der Waals surface area contributed by atoms with Crippen LogP contribution >= 0.6 is 0 Å². The highest BCUT2D eigenvalue weighted by atomic mass is 14.8. The molecule has 0 fully saturated rings. The van der Waals surface area contributed by atoms with Gasteiger partial charge in [0, 0.05) is 33.6 Å². The van der Waals surface area contributed by atoms with Crippen LogP contribution in [0.15, 0.2) is 114 Å². The number of aryl methyl sites for hydroxylation is 2. The molecule has 0 unspecified atom stereocenters. The number of rotatable bonds is 4. The molecular weight excluding hydrogens is 424 g/mol. The highest BCUT2D eigenvalue weighted by Crippen LogP contribution is 2.37. The summed E-state index contributed by atoms with van der Waals surface area (Å²) in [5, 5.41) is 0. The molecule has 0 bridgehead atoms. The van der Waals surface area contributed by atoms with Gasteiger partial charge < -0.3 is 4.98 Å². The van der Waals surface area contributed by atoms with E-state index in [0.29, 0.717) is 0 Å². The molecule has 1 aliphatic heterocycles. The first-order valence-corrected chi connectivity index (χ1v) is 12.0. The summed E-state index contributed by atoms with van der Waals surface area (Å²) >= 11 is 0. The SMILES string of the molecule is Cc1ccc(C2=NC(=Cc3[nH]c(-c4ccccc4)cc3-c3ccccc3)c3cc(C)ccc32)cc1. The smallest absolute Gasteiger partial charge is 0.0788 e. The Balaban J connectivity index is 1.53. The highest BCUT2D eigenvalue weighted by molar-refractivity contribution is 6.21. The van der Waals surface area contributed by atoms with Crippen LogP contribution in [0.1, 0.15) is 33.5 Å². The van der Waals surface area contributed by atoms with E-state index in [-0.39, 0.29) is 0 Å². The number of H-pyrrole nitrogens is 1. The number of hydrogen-bond acceptors (Lipinski definition) is 1. The molecule has 2 nitrogen and oxygen atoms in total. The molecule has 1 aliphatic rings. The van der Waals surface area contributed by atoms with E-state index in [4.69, 9.17) is 4.99 Å². The molecule has 0 atom stereocenters. The summed E-state index contributed by atoms with van der Waals surface area (Å²) in [5.41, 5.74) is 13.7. The van der Waals surface area contributed by atoms with Crippen molar-refractivity contribution < 1.29 is 0 Å². The molecule has 6 rings (SSSR count). The van der Waals surface area contributed by atoms with E-state index in [0.717, 1.165) is 28.4 Å². The Labute approximate surface area is 206 Å². The Morgan fingerprint density at radius 1 is 0.571 bits per heavy atom. The molecule has 0 amide bonds. The number of benzene rings is 4. The lowest BCUT2D eigenvalue weighted by Gasteiger charge is -2.05. The third-order valence-electron chi connectivity index (χ3n) is 6.56. The molecule has 0 spiro atoms. The largest absolute Gasteiger partial charge is 0.354 e. The first kappa shape index (κ1) is 21.1. The van der Waals surface area contributed by atoms with E-state index in [1.54, 1.807) is 0 Å². The average molecular weight is 451 g/mol. The Morgan fingerprint density at radius 2 is 1.23 bits per heavy atom. The summed E-state index contributed by atoms with van der Waals surface area (Å²) in [7, 11) is 0. The lowest BCUT2D eigenvalue weighted by Crippen LogP contribution is -2.00. The third-order valence-corrected chi connectivity index (χ3v) is 6.56. The lowest BCUT2D eigenvalue weighted by atomic mass is 9.96. The third kappa shape index (κ3) is 4.04. The van der Waals surface area contributed by atoms with Crippen LogP contribution in [0.25, 0.3) is 34.2 Å². The molecule has 0 aliphatic carbocycles. The van der Waals surface area contributed by atoms with Crippen molar-refractivity contribution in [1.29, 1.82) is 0 Å². The molecule has 2 heterocycles. The normalized spacial score (nSPS) is 13.7. The van der Waals surface area contributed by atoms with Crippen molar-refractivity contribution in [3.05, 3.63) is 143 Å². The van der Waals surface area contributed by atoms with Gasteiger partial charge in [0.15, 0.2) is 0 Å². The van der Waals surface area contributed by atoms with Gasteiger partial charge in [-0.15, -0.1) is 0 Å². The van der Waals surface area contributed by atoms with Gasteiger partial charge in [0.05, 0.1) is 11.4 Å². The zero-order valence-electron chi connectivity index (χ0n) is 19.9. The summed E-state index contributed by atoms with van der Waals surface area (Å²) in [6.45, 7) is 4.25. The minimum atomic E-state index is 0.984. The van der Waals surface area contributed by atoms with E-state index in [1.807, 2.05) is 6.07 Å². The van der Waals surface area contributed by atoms with Crippen molar-refractivity contribution in [2.24, 2.45) is 4.99 Å². The summed E-state index contributed by atoms with van der Waals surface area (Å²) in [5.74, 6) is 0. The number of aromatic nitrogens is 1. The van der Waals surface area contributed by atoms with Crippen molar-refractivity contribution in [1.82, 2.24) is 4.98 Å². The van der Waals surface area contributed by atoms with Gasteiger partial charge in [-0.3, -0.25) is 0 Å². The second kappa shape index (κ2) is 8.73. The van der Waals surface area contributed by atoms with Gasteiger partial charge in [0.25, 0.3) is 0 Å². The van der Waals surface area contributed by atoms with E-state index in [2.05, 4.69) is 128 Å². The minimum Gasteiger partial charge on any atom is -0.354 e. The van der Waals surface area contributed by atoms with Crippen molar-refractivity contribution >= 4 is 17.5 Å². The van der Waals surface area contributed by atoms with Crippen LogP contribution in [0.5, 0.6) is 0 Å². The van der Waals surface area contributed by atoms with Crippen LogP contribution in [0.4, 0.5) is 0 Å². The number of nitrogens with zero attached hydrogens (tertiary/aromatic N) is 1. The Hall–Kier alpha value is -4.43. The standard InChI is InChI=1S/C33H26N2/c1-22-13-16-26(17-14-22)33-27-18-15-23(2)19-29(27)32(35-33)21-31-28(24-9-5-3-6-10-24)20-30(34-31)25-11-7-4-8-12-25/h3-21,34H,1-2H3. The Morgan fingerprint density at radius 3 is 1.94 bits per heavy atom. The molecule has 1 N–H and O–H groups in total. The van der Waals surface area contributed by atoms with Crippen LogP contribution < -0.4 is 0 Å². The molecule has 2 heteroatoms. The predicted molar refractivity (Wildman–Crippen MR) is 148 cm³/mol. The number of aromatic amines is 1. The fraction of sp³-hybridized carbons (Fsp3) is 0.0606. The summed E-state index contributed by atoms with van der Waals surface area (Å²) < 4.78 is 0. The molecule has 0 saturated heterocycles. The average Bonchev–Trinajstić information content (AvgIpc) is 3.47. The molecular formula is C33H26N2. The second-order valence-corrected chi connectivity index (χ2v) is 9.15. The first-order valence-electron chi connectivity index (χ1n) is 12.0. The van der Waals surface area contributed by atoms with Crippen LogP contribution in [0, 0.1) is 13.8 Å². The second-order valence-electron chi connectivity index (χ2n) is 9.15. The van der Waals surface area contributed by atoms with Gasteiger partial charge in [-0.1, -0.05) is 108 Å². The zero-order valence-corrected chi connectivity index (χ0v) is 19.9.